The number of hydrogen-bond donors (Lipinski definition) is 0. The summed E-state index contributed by atoms with van der Waals surface area (Å²) >= 11 is 0. The summed E-state index contributed by atoms with van der Waals surface area (Å²) in [6.45, 7) is 6.37. The Hall–Kier alpha value is -3.32. The predicted molar refractivity (Wildman–Crippen MR) is 135 cm³/mol. The SMILES string of the molecule is CC(C)N(C(C)C(c1ccccc1)c1ccccc1)n1cnc2c1c(=O)n(C)c(=O)n2C.Cl. The number of fused-ring (bicyclic) bond motifs is 1. The normalized spacial score (nSPS) is 12.2. The van der Waals surface area contributed by atoms with Crippen LogP contribution in [0.1, 0.15) is 37.8 Å². The first-order chi connectivity index (χ1) is 15.3. The summed E-state index contributed by atoms with van der Waals surface area (Å²) in [6.07, 6.45) is 1.65. The third-order valence-electron chi connectivity index (χ3n) is 6.12. The van der Waals surface area contributed by atoms with Gasteiger partial charge in [-0.05, 0) is 31.9 Å². The first kappa shape index (κ1) is 24.3. The Kier molecular flexibility index (Phi) is 7.12. The molecule has 0 aliphatic heterocycles. The largest absolute Gasteiger partial charge is 0.332 e. The molecule has 8 heteroatoms. The molecule has 0 fully saturated rings. The fraction of sp³-hybridized carbons (Fsp3) is 0.320. The molecular weight excluding hydrogens is 438 g/mol. The van der Waals surface area contributed by atoms with Crippen molar-refractivity contribution in [2.45, 2.75) is 38.8 Å². The highest BCUT2D eigenvalue weighted by atomic mass is 35.5. The van der Waals surface area contributed by atoms with Gasteiger partial charge in [0.2, 0.25) is 0 Å². The summed E-state index contributed by atoms with van der Waals surface area (Å²) in [5, 5.41) is 2.17. The molecule has 0 N–H and O–H groups in total. The van der Waals surface area contributed by atoms with E-state index in [0.717, 1.165) is 4.57 Å². The van der Waals surface area contributed by atoms with Gasteiger partial charge in [0.25, 0.3) is 5.56 Å². The summed E-state index contributed by atoms with van der Waals surface area (Å²) in [7, 11) is 3.14. The number of halogens is 1. The Morgan fingerprint density at radius 1 is 0.818 bits per heavy atom. The molecule has 0 saturated heterocycles. The van der Waals surface area contributed by atoms with Crippen molar-refractivity contribution < 1.29 is 0 Å². The van der Waals surface area contributed by atoms with Gasteiger partial charge in [0.1, 0.15) is 6.33 Å². The molecule has 0 aliphatic rings. The second kappa shape index (κ2) is 9.67. The zero-order chi connectivity index (χ0) is 23.0. The molecule has 0 amide bonds. The van der Waals surface area contributed by atoms with Crippen LogP contribution < -0.4 is 16.3 Å². The number of hydrogen-bond acceptors (Lipinski definition) is 4. The maximum absolute atomic E-state index is 13.1. The van der Waals surface area contributed by atoms with Gasteiger partial charge in [-0.25, -0.2) is 14.5 Å². The average molecular weight is 468 g/mol. The summed E-state index contributed by atoms with van der Waals surface area (Å²) in [4.78, 5) is 29.9. The summed E-state index contributed by atoms with van der Waals surface area (Å²) < 4.78 is 4.38. The summed E-state index contributed by atoms with van der Waals surface area (Å²) in [6, 6.07) is 20.9. The molecule has 0 spiro atoms. The van der Waals surface area contributed by atoms with E-state index < -0.39 is 0 Å². The van der Waals surface area contributed by atoms with Crippen LogP contribution in [0.3, 0.4) is 0 Å². The Bertz CT molecular complexity index is 1300. The fourth-order valence-electron chi connectivity index (χ4n) is 4.64. The highest BCUT2D eigenvalue weighted by molar-refractivity contribution is 5.85. The first-order valence-corrected chi connectivity index (χ1v) is 10.8. The molecule has 2 heterocycles. The van der Waals surface area contributed by atoms with E-state index in [4.69, 9.17) is 0 Å². The molecule has 0 radical (unpaired) electrons. The average Bonchev–Trinajstić information content (AvgIpc) is 3.22. The van der Waals surface area contributed by atoms with Crippen molar-refractivity contribution >= 4 is 23.6 Å². The van der Waals surface area contributed by atoms with Gasteiger partial charge in [0.15, 0.2) is 11.2 Å². The molecule has 1 unspecified atom stereocenters. The molecule has 0 bridgehead atoms. The first-order valence-electron chi connectivity index (χ1n) is 10.8. The zero-order valence-electron chi connectivity index (χ0n) is 19.5. The lowest BCUT2D eigenvalue weighted by atomic mass is 9.85. The Labute approximate surface area is 199 Å². The quantitative estimate of drug-likeness (QED) is 0.436. The van der Waals surface area contributed by atoms with E-state index in [0.29, 0.717) is 11.2 Å². The Morgan fingerprint density at radius 2 is 1.33 bits per heavy atom. The van der Waals surface area contributed by atoms with Crippen molar-refractivity contribution in [1.82, 2.24) is 18.8 Å². The highest BCUT2D eigenvalue weighted by Gasteiger charge is 2.30. The molecule has 4 aromatic rings. The Morgan fingerprint density at radius 3 is 1.82 bits per heavy atom. The van der Waals surface area contributed by atoms with Gasteiger partial charge in [-0.1, -0.05) is 60.7 Å². The second-order valence-electron chi connectivity index (χ2n) is 8.48. The van der Waals surface area contributed by atoms with Crippen LogP contribution in [0.25, 0.3) is 11.2 Å². The maximum Gasteiger partial charge on any atom is 0.332 e. The lowest BCUT2D eigenvalue weighted by molar-refractivity contribution is 0.423. The van der Waals surface area contributed by atoms with Gasteiger partial charge < -0.3 is 5.01 Å². The minimum atomic E-state index is -0.386. The predicted octanol–water partition coefficient (Wildman–Crippen LogP) is 3.42. The molecule has 1 atom stereocenters. The maximum atomic E-state index is 13.1. The number of imidazole rings is 1. The molecule has 2 aromatic heterocycles. The van der Waals surface area contributed by atoms with E-state index in [2.05, 4.69) is 79.3 Å². The highest BCUT2D eigenvalue weighted by Crippen LogP contribution is 2.31. The minimum Gasteiger partial charge on any atom is -0.305 e. The van der Waals surface area contributed by atoms with E-state index in [1.54, 1.807) is 13.4 Å². The number of aryl methyl sites for hydroxylation is 1. The molecule has 33 heavy (non-hydrogen) atoms. The van der Waals surface area contributed by atoms with Crippen molar-refractivity contribution in [3.8, 4) is 0 Å². The third kappa shape index (κ3) is 4.20. The van der Waals surface area contributed by atoms with Crippen molar-refractivity contribution in [3.05, 3.63) is 99.0 Å². The van der Waals surface area contributed by atoms with E-state index in [-0.39, 0.29) is 41.7 Å². The molecule has 0 aliphatic carbocycles. The van der Waals surface area contributed by atoms with Crippen LogP contribution >= 0.6 is 12.4 Å². The van der Waals surface area contributed by atoms with Gasteiger partial charge in [0, 0.05) is 26.1 Å². The second-order valence-corrected chi connectivity index (χ2v) is 8.48. The van der Waals surface area contributed by atoms with Crippen molar-refractivity contribution in [3.63, 3.8) is 0 Å². The number of nitrogens with zero attached hydrogens (tertiary/aromatic N) is 5. The van der Waals surface area contributed by atoms with Gasteiger partial charge in [-0.2, -0.15) is 0 Å². The third-order valence-corrected chi connectivity index (χ3v) is 6.12. The zero-order valence-corrected chi connectivity index (χ0v) is 20.4. The summed E-state index contributed by atoms with van der Waals surface area (Å²) in [5.41, 5.74) is 2.43. The van der Waals surface area contributed by atoms with Crippen LogP contribution in [-0.2, 0) is 14.1 Å². The Balaban J connectivity index is 0.00000306. The van der Waals surface area contributed by atoms with Crippen molar-refractivity contribution in [2.24, 2.45) is 14.1 Å². The molecule has 4 rings (SSSR count). The van der Waals surface area contributed by atoms with E-state index in [1.807, 2.05) is 16.8 Å². The summed E-state index contributed by atoms with van der Waals surface area (Å²) in [5.74, 6) is 0.0635. The molecule has 174 valence electrons. The standard InChI is InChI=1S/C25H29N5O2.ClH/c1-17(2)30(29-16-26-23-22(29)24(31)28(5)25(32)27(23)4)18(3)21(19-12-8-6-9-13-19)20-14-10-7-11-15-20;/h6-18,21H,1-5H3;1H. The minimum absolute atomic E-state index is 0. The van der Waals surface area contributed by atoms with Crippen molar-refractivity contribution in [2.75, 3.05) is 5.01 Å². The fourth-order valence-corrected chi connectivity index (χ4v) is 4.64. The lowest BCUT2D eigenvalue weighted by Crippen LogP contribution is -2.50. The number of aromatic nitrogens is 4. The van der Waals surface area contributed by atoms with E-state index >= 15 is 0 Å². The van der Waals surface area contributed by atoms with Crippen LogP contribution in [0.15, 0.2) is 76.6 Å². The molecule has 2 aromatic carbocycles. The van der Waals surface area contributed by atoms with E-state index in [9.17, 15) is 9.59 Å². The van der Waals surface area contributed by atoms with Crippen LogP contribution in [0.2, 0.25) is 0 Å². The van der Waals surface area contributed by atoms with Crippen LogP contribution in [-0.4, -0.2) is 30.9 Å². The molecular formula is C25H30ClN5O2. The van der Waals surface area contributed by atoms with Crippen LogP contribution in [0.4, 0.5) is 0 Å². The molecule has 0 saturated carbocycles. The van der Waals surface area contributed by atoms with Gasteiger partial charge in [-0.15, -0.1) is 12.4 Å². The van der Waals surface area contributed by atoms with Gasteiger partial charge in [-0.3, -0.25) is 13.9 Å². The van der Waals surface area contributed by atoms with E-state index in [1.165, 1.54) is 22.7 Å². The smallest absolute Gasteiger partial charge is 0.305 e. The topological polar surface area (TPSA) is 65.1 Å². The van der Waals surface area contributed by atoms with Gasteiger partial charge in [0.05, 0.1) is 6.04 Å². The van der Waals surface area contributed by atoms with Crippen molar-refractivity contribution in [1.29, 1.82) is 0 Å². The number of benzene rings is 2. The number of rotatable bonds is 6. The van der Waals surface area contributed by atoms with Crippen LogP contribution in [0.5, 0.6) is 0 Å². The molecule has 7 nitrogen and oxygen atoms in total. The lowest BCUT2D eigenvalue weighted by Gasteiger charge is -2.40. The monoisotopic (exact) mass is 467 g/mol. The van der Waals surface area contributed by atoms with Gasteiger partial charge >= 0.3 is 5.69 Å². The van der Waals surface area contributed by atoms with Crippen LogP contribution in [0, 0.1) is 0 Å².